The largest absolute Gasteiger partial charge is 0.495 e. The molecule has 1 aromatic heterocycles. The molecule has 1 saturated heterocycles. The summed E-state index contributed by atoms with van der Waals surface area (Å²) < 4.78 is 16.6. The van der Waals surface area contributed by atoms with Crippen LogP contribution in [0.3, 0.4) is 0 Å². The molecule has 0 unspecified atom stereocenters. The highest BCUT2D eigenvalue weighted by atomic mass is 35.5. The van der Waals surface area contributed by atoms with Gasteiger partial charge in [-0.2, -0.15) is 0 Å². The molecule has 3 aromatic carbocycles. The Hall–Kier alpha value is -3.79. The third-order valence-electron chi connectivity index (χ3n) is 7.29. The quantitative estimate of drug-likeness (QED) is 0.248. The third kappa shape index (κ3) is 6.43. The van der Waals surface area contributed by atoms with Crippen molar-refractivity contribution >= 4 is 34.5 Å². The summed E-state index contributed by atoms with van der Waals surface area (Å²) in [5.41, 5.74) is 3.83. The van der Waals surface area contributed by atoms with Gasteiger partial charge in [-0.15, -0.1) is 11.3 Å². The van der Waals surface area contributed by atoms with Gasteiger partial charge in [0, 0.05) is 49.7 Å². The molecule has 0 saturated carbocycles. The van der Waals surface area contributed by atoms with Crippen LogP contribution >= 0.6 is 22.9 Å². The van der Waals surface area contributed by atoms with Crippen molar-refractivity contribution in [3.8, 4) is 17.2 Å². The lowest BCUT2D eigenvalue weighted by atomic mass is 10.1. The van der Waals surface area contributed by atoms with E-state index in [-0.39, 0.29) is 12.7 Å². The summed E-state index contributed by atoms with van der Waals surface area (Å²) in [7, 11) is 1.68. The fourth-order valence-corrected chi connectivity index (χ4v) is 6.13. The molecule has 212 valence electrons. The predicted octanol–water partition coefficient (Wildman–Crippen LogP) is 5.70. The average molecular weight is 591 g/mol. The van der Waals surface area contributed by atoms with Crippen molar-refractivity contribution in [2.45, 2.75) is 19.6 Å². The second-order valence-corrected chi connectivity index (χ2v) is 11.4. The molecule has 6 rings (SSSR count). The smallest absolute Gasteiger partial charge is 0.273 e. The maximum absolute atomic E-state index is 13.4. The zero-order valence-corrected chi connectivity index (χ0v) is 24.4. The Morgan fingerprint density at radius 3 is 2.49 bits per heavy atom. The molecule has 0 N–H and O–H groups in total. The molecule has 1 fully saturated rings. The van der Waals surface area contributed by atoms with Crippen molar-refractivity contribution in [1.29, 1.82) is 0 Å². The first-order valence-corrected chi connectivity index (χ1v) is 14.8. The van der Waals surface area contributed by atoms with Gasteiger partial charge in [0.25, 0.3) is 5.91 Å². The van der Waals surface area contributed by atoms with Crippen molar-refractivity contribution in [2.24, 2.45) is 0 Å². The summed E-state index contributed by atoms with van der Waals surface area (Å²) in [5.74, 6) is 2.36. The second kappa shape index (κ2) is 12.4. The molecular formula is C31H31ClN4O4S. The number of hydrogen-bond donors (Lipinski definition) is 0. The Morgan fingerprint density at radius 1 is 0.951 bits per heavy atom. The van der Waals surface area contributed by atoms with Crippen LogP contribution in [-0.2, 0) is 19.6 Å². The standard InChI is InChI=1S/C31H31ClN4O4S/c1-38-27-5-3-2-4-26(27)35-12-14-36(15-13-35)31(37)25-20-41-30(33-25)19-34(17-22-6-9-24(32)10-7-22)18-23-8-11-28-29(16-23)40-21-39-28/h2-11,16,20H,12-15,17-19,21H2,1H3. The molecule has 3 heterocycles. The molecule has 0 radical (unpaired) electrons. The first-order chi connectivity index (χ1) is 20.1. The molecule has 4 aromatic rings. The molecule has 2 aliphatic rings. The first kappa shape index (κ1) is 27.4. The number of amides is 1. The number of carbonyl (C=O) groups is 1. The summed E-state index contributed by atoms with van der Waals surface area (Å²) in [6.07, 6.45) is 0. The van der Waals surface area contributed by atoms with Crippen LogP contribution < -0.4 is 19.1 Å². The molecular weight excluding hydrogens is 560 g/mol. The molecule has 10 heteroatoms. The number of carbonyl (C=O) groups excluding carboxylic acids is 1. The molecule has 0 bridgehead atoms. The monoisotopic (exact) mass is 590 g/mol. The SMILES string of the molecule is COc1ccccc1N1CCN(C(=O)c2csc(CN(Cc3ccc(Cl)cc3)Cc3ccc4c(c3)OCO4)n2)CC1. The average Bonchev–Trinajstić information content (AvgIpc) is 3.67. The van der Waals surface area contributed by atoms with Crippen LogP contribution in [0.1, 0.15) is 26.6 Å². The highest BCUT2D eigenvalue weighted by Crippen LogP contribution is 2.33. The first-order valence-electron chi connectivity index (χ1n) is 13.5. The normalized spacial score (nSPS) is 14.5. The molecule has 2 aliphatic heterocycles. The van der Waals surface area contributed by atoms with Crippen molar-refractivity contribution in [1.82, 2.24) is 14.8 Å². The second-order valence-electron chi connectivity index (χ2n) is 10.0. The lowest BCUT2D eigenvalue weighted by molar-refractivity contribution is 0.0741. The Labute approximate surface area is 248 Å². The van der Waals surface area contributed by atoms with Crippen LogP contribution in [0.2, 0.25) is 5.02 Å². The van der Waals surface area contributed by atoms with Crippen LogP contribution in [0, 0.1) is 0 Å². The number of benzene rings is 3. The van der Waals surface area contributed by atoms with Crippen LogP contribution in [0.15, 0.2) is 72.1 Å². The number of para-hydroxylation sites is 2. The number of thiazole rings is 1. The van der Waals surface area contributed by atoms with Gasteiger partial charge >= 0.3 is 0 Å². The summed E-state index contributed by atoms with van der Waals surface area (Å²) in [4.78, 5) is 24.6. The van der Waals surface area contributed by atoms with Gasteiger partial charge in [-0.25, -0.2) is 4.98 Å². The number of piperazine rings is 1. The predicted molar refractivity (Wildman–Crippen MR) is 160 cm³/mol. The Bertz CT molecular complexity index is 1500. The lowest BCUT2D eigenvalue weighted by Gasteiger charge is -2.36. The van der Waals surface area contributed by atoms with E-state index < -0.39 is 0 Å². The zero-order chi connectivity index (χ0) is 28.2. The summed E-state index contributed by atoms with van der Waals surface area (Å²) in [6, 6.07) is 21.9. The third-order valence-corrected chi connectivity index (χ3v) is 8.37. The van der Waals surface area contributed by atoms with Gasteiger partial charge in [-0.05, 0) is 47.5 Å². The molecule has 41 heavy (non-hydrogen) atoms. The van der Waals surface area contributed by atoms with E-state index in [9.17, 15) is 4.79 Å². The summed E-state index contributed by atoms with van der Waals surface area (Å²) in [5, 5.41) is 3.49. The molecule has 1 amide bonds. The molecule has 0 spiro atoms. The maximum atomic E-state index is 13.4. The molecule has 0 atom stereocenters. The van der Waals surface area contributed by atoms with E-state index in [1.165, 1.54) is 11.3 Å². The lowest BCUT2D eigenvalue weighted by Crippen LogP contribution is -2.49. The van der Waals surface area contributed by atoms with Crippen LogP contribution in [0.5, 0.6) is 17.2 Å². The number of nitrogens with zero attached hydrogens (tertiary/aromatic N) is 4. The van der Waals surface area contributed by atoms with Crippen molar-refractivity contribution in [3.63, 3.8) is 0 Å². The number of halogens is 1. The fourth-order valence-electron chi connectivity index (χ4n) is 5.19. The van der Waals surface area contributed by atoms with Gasteiger partial charge in [0.05, 0.1) is 19.3 Å². The van der Waals surface area contributed by atoms with E-state index in [0.29, 0.717) is 43.4 Å². The van der Waals surface area contributed by atoms with E-state index in [1.54, 1.807) is 7.11 Å². The highest BCUT2D eigenvalue weighted by molar-refractivity contribution is 7.09. The minimum atomic E-state index is -0.0211. The van der Waals surface area contributed by atoms with Crippen molar-refractivity contribution in [2.75, 3.05) is 45.0 Å². The number of anilines is 1. The molecule has 0 aliphatic carbocycles. The Kier molecular flexibility index (Phi) is 8.27. The van der Waals surface area contributed by atoms with Crippen molar-refractivity contribution in [3.05, 3.63) is 99.0 Å². The topological polar surface area (TPSA) is 67.4 Å². The minimum absolute atomic E-state index is 0.0211. The van der Waals surface area contributed by atoms with Crippen LogP contribution in [0.4, 0.5) is 5.69 Å². The van der Waals surface area contributed by atoms with E-state index in [2.05, 4.69) is 21.9 Å². The number of rotatable bonds is 9. The number of hydrogen-bond acceptors (Lipinski definition) is 8. The van der Waals surface area contributed by atoms with Crippen molar-refractivity contribution < 1.29 is 19.0 Å². The Balaban J connectivity index is 1.12. The van der Waals surface area contributed by atoms with Crippen LogP contribution in [0.25, 0.3) is 0 Å². The molecule has 8 nitrogen and oxygen atoms in total. The fraction of sp³-hybridized carbons (Fsp3) is 0.290. The highest BCUT2D eigenvalue weighted by Gasteiger charge is 2.25. The van der Waals surface area contributed by atoms with Gasteiger partial charge < -0.3 is 24.0 Å². The van der Waals surface area contributed by atoms with Crippen LogP contribution in [-0.4, -0.2) is 60.8 Å². The van der Waals surface area contributed by atoms with Gasteiger partial charge in [0.1, 0.15) is 16.5 Å². The number of methoxy groups -OCH3 is 1. The van der Waals surface area contributed by atoms with E-state index in [0.717, 1.165) is 52.2 Å². The number of aromatic nitrogens is 1. The van der Waals surface area contributed by atoms with E-state index in [4.69, 9.17) is 30.8 Å². The minimum Gasteiger partial charge on any atom is -0.495 e. The summed E-state index contributed by atoms with van der Waals surface area (Å²) in [6.45, 7) is 5.01. The van der Waals surface area contributed by atoms with Gasteiger partial charge in [-0.1, -0.05) is 41.9 Å². The maximum Gasteiger partial charge on any atom is 0.273 e. The zero-order valence-electron chi connectivity index (χ0n) is 22.8. The number of fused-ring (bicyclic) bond motifs is 1. The Morgan fingerprint density at radius 2 is 1.68 bits per heavy atom. The number of ether oxygens (including phenoxy) is 3. The van der Waals surface area contributed by atoms with Gasteiger partial charge in [0.2, 0.25) is 6.79 Å². The van der Waals surface area contributed by atoms with Gasteiger partial charge in [-0.3, -0.25) is 9.69 Å². The summed E-state index contributed by atoms with van der Waals surface area (Å²) >= 11 is 7.64. The van der Waals surface area contributed by atoms with Gasteiger partial charge in [0.15, 0.2) is 11.5 Å². The van der Waals surface area contributed by atoms with E-state index in [1.807, 2.05) is 64.9 Å². The van der Waals surface area contributed by atoms with E-state index >= 15 is 0 Å².